The van der Waals surface area contributed by atoms with Gasteiger partial charge in [-0.05, 0) is 41.5 Å². The number of fused-ring (bicyclic) bond motifs is 1. The zero-order valence-electron chi connectivity index (χ0n) is 17.3. The van der Waals surface area contributed by atoms with E-state index in [1.165, 1.54) is 6.08 Å². The average molecular weight is 502 g/mol. The van der Waals surface area contributed by atoms with E-state index in [1.807, 2.05) is 30.3 Å². The van der Waals surface area contributed by atoms with Gasteiger partial charge in [-0.3, -0.25) is 4.79 Å². The summed E-state index contributed by atoms with van der Waals surface area (Å²) in [6.07, 6.45) is 1.64. The van der Waals surface area contributed by atoms with E-state index in [0.717, 1.165) is 5.56 Å². The van der Waals surface area contributed by atoms with Crippen LogP contribution >= 0.6 is 34.8 Å². The lowest BCUT2D eigenvalue weighted by Crippen LogP contribution is -2.35. The number of rotatable bonds is 5. The van der Waals surface area contributed by atoms with E-state index in [2.05, 4.69) is 10.6 Å². The fourth-order valence-electron chi connectivity index (χ4n) is 3.58. The Kier molecular flexibility index (Phi) is 7.23. The first-order valence-electron chi connectivity index (χ1n) is 10.1. The lowest BCUT2D eigenvalue weighted by molar-refractivity contribution is -0.145. The molecule has 0 radical (unpaired) electrons. The molecule has 33 heavy (non-hydrogen) atoms. The third-order valence-corrected chi connectivity index (χ3v) is 5.79. The Hall–Kier alpha value is -2.99. The van der Waals surface area contributed by atoms with Gasteiger partial charge in [0.2, 0.25) is 5.91 Å². The normalized spacial score (nSPS) is 16.0. The standard InChI is InChI=1S/C25H19Cl3N2O3/c26-17-7-4-8-19(11-17)29-23(31)10-16-9-22(25(32)33-14-15-5-2-1-3-6-15)30-21-13-18(27)12-20(28)24(16)21/h1-8,10-13,22,30H,9,14H2,(H,29,31)/b16-10+. The molecule has 0 saturated carbocycles. The lowest BCUT2D eigenvalue weighted by Gasteiger charge is -2.28. The molecule has 5 nitrogen and oxygen atoms in total. The Balaban J connectivity index is 1.58. The number of benzene rings is 3. The molecular formula is C25H19Cl3N2O3. The fourth-order valence-corrected chi connectivity index (χ4v) is 4.39. The Morgan fingerprint density at radius 3 is 2.55 bits per heavy atom. The highest BCUT2D eigenvalue weighted by Gasteiger charge is 2.30. The van der Waals surface area contributed by atoms with Crippen molar-refractivity contribution in [1.29, 1.82) is 0 Å². The molecule has 1 aliphatic heterocycles. The highest BCUT2D eigenvalue weighted by molar-refractivity contribution is 6.36. The van der Waals surface area contributed by atoms with Gasteiger partial charge in [0.1, 0.15) is 12.6 Å². The molecule has 0 aromatic heterocycles. The number of amides is 1. The number of carbonyl (C=O) groups is 2. The number of halogens is 3. The Morgan fingerprint density at radius 2 is 1.79 bits per heavy atom. The number of nitrogens with one attached hydrogen (secondary N) is 2. The molecular weight excluding hydrogens is 483 g/mol. The van der Waals surface area contributed by atoms with Crippen molar-refractivity contribution in [3.8, 4) is 0 Å². The van der Waals surface area contributed by atoms with E-state index < -0.39 is 12.0 Å². The molecule has 168 valence electrons. The van der Waals surface area contributed by atoms with Crippen LogP contribution in [0, 0.1) is 0 Å². The smallest absolute Gasteiger partial charge is 0.329 e. The first kappa shape index (κ1) is 23.2. The molecule has 3 aromatic carbocycles. The summed E-state index contributed by atoms with van der Waals surface area (Å²) in [5, 5.41) is 7.21. The third kappa shape index (κ3) is 5.88. The maximum absolute atomic E-state index is 12.8. The Labute approximate surface area is 206 Å². The lowest BCUT2D eigenvalue weighted by atomic mass is 9.91. The van der Waals surface area contributed by atoms with Crippen molar-refractivity contribution in [1.82, 2.24) is 0 Å². The van der Waals surface area contributed by atoms with Crippen molar-refractivity contribution in [2.45, 2.75) is 19.1 Å². The van der Waals surface area contributed by atoms with Gasteiger partial charge in [-0.2, -0.15) is 0 Å². The summed E-state index contributed by atoms with van der Waals surface area (Å²) in [7, 11) is 0. The van der Waals surface area contributed by atoms with Crippen LogP contribution in [0.15, 0.2) is 72.8 Å². The van der Waals surface area contributed by atoms with Crippen LogP contribution in [0.1, 0.15) is 17.5 Å². The second-order valence-electron chi connectivity index (χ2n) is 7.47. The number of hydrogen-bond donors (Lipinski definition) is 2. The number of carbonyl (C=O) groups excluding carboxylic acids is 2. The van der Waals surface area contributed by atoms with E-state index in [9.17, 15) is 9.59 Å². The molecule has 4 rings (SSSR count). The van der Waals surface area contributed by atoms with Crippen molar-refractivity contribution in [2.24, 2.45) is 0 Å². The zero-order chi connectivity index (χ0) is 23.4. The molecule has 0 saturated heterocycles. The number of hydrogen-bond acceptors (Lipinski definition) is 4. The summed E-state index contributed by atoms with van der Waals surface area (Å²) in [5.74, 6) is -0.815. The second-order valence-corrected chi connectivity index (χ2v) is 8.75. The van der Waals surface area contributed by atoms with Gasteiger partial charge in [0, 0.05) is 39.5 Å². The van der Waals surface area contributed by atoms with Crippen molar-refractivity contribution >= 4 is 63.6 Å². The molecule has 1 amide bonds. The van der Waals surface area contributed by atoms with Gasteiger partial charge in [-0.1, -0.05) is 71.2 Å². The minimum absolute atomic E-state index is 0.148. The molecule has 0 bridgehead atoms. The van der Waals surface area contributed by atoms with Gasteiger partial charge < -0.3 is 15.4 Å². The first-order chi connectivity index (χ1) is 15.9. The van der Waals surface area contributed by atoms with Crippen molar-refractivity contribution < 1.29 is 14.3 Å². The zero-order valence-corrected chi connectivity index (χ0v) is 19.5. The van der Waals surface area contributed by atoms with Crippen LogP contribution in [0.3, 0.4) is 0 Å². The van der Waals surface area contributed by atoms with Gasteiger partial charge >= 0.3 is 5.97 Å². The van der Waals surface area contributed by atoms with Gasteiger partial charge in [0.25, 0.3) is 0 Å². The second kappa shape index (κ2) is 10.3. The van der Waals surface area contributed by atoms with Crippen LogP contribution in [0.4, 0.5) is 11.4 Å². The highest BCUT2D eigenvalue weighted by Crippen LogP contribution is 2.40. The number of esters is 1. The fraction of sp³-hybridized carbons (Fsp3) is 0.120. The van der Waals surface area contributed by atoms with E-state index >= 15 is 0 Å². The highest BCUT2D eigenvalue weighted by atomic mass is 35.5. The predicted molar refractivity (Wildman–Crippen MR) is 133 cm³/mol. The molecule has 1 atom stereocenters. The Morgan fingerprint density at radius 1 is 1.00 bits per heavy atom. The summed E-state index contributed by atoms with van der Waals surface area (Å²) in [6.45, 7) is 0.148. The summed E-state index contributed by atoms with van der Waals surface area (Å²) in [4.78, 5) is 25.5. The maximum atomic E-state index is 12.8. The molecule has 3 aromatic rings. The van der Waals surface area contributed by atoms with Gasteiger partial charge in [-0.15, -0.1) is 0 Å². The minimum Gasteiger partial charge on any atom is -0.459 e. The largest absolute Gasteiger partial charge is 0.459 e. The molecule has 1 heterocycles. The molecule has 0 fully saturated rings. The summed E-state index contributed by atoms with van der Waals surface area (Å²) in [6, 6.07) is 18.8. The minimum atomic E-state index is -0.707. The van der Waals surface area contributed by atoms with E-state index in [4.69, 9.17) is 39.5 Å². The van der Waals surface area contributed by atoms with E-state index in [-0.39, 0.29) is 18.9 Å². The first-order valence-corrected chi connectivity index (χ1v) is 11.3. The monoisotopic (exact) mass is 500 g/mol. The van der Waals surface area contributed by atoms with Gasteiger partial charge in [0.05, 0.1) is 5.02 Å². The van der Waals surface area contributed by atoms with Gasteiger partial charge in [-0.25, -0.2) is 4.79 Å². The molecule has 8 heteroatoms. The topological polar surface area (TPSA) is 67.4 Å². The summed E-state index contributed by atoms with van der Waals surface area (Å²) >= 11 is 18.6. The predicted octanol–water partition coefficient (Wildman–Crippen LogP) is 6.60. The molecule has 2 N–H and O–H groups in total. The van der Waals surface area contributed by atoms with Crippen LogP contribution in [0.25, 0.3) is 5.57 Å². The van der Waals surface area contributed by atoms with Crippen molar-refractivity contribution in [3.63, 3.8) is 0 Å². The Bertz CT molecular complexity index is 1230. The molecule has 1 aliphatic rings. The van der Waals surface area contributed by atoms with E-state index in [1.54, 1.807) is 36.4 Å². The van der Waals surface area contributed by atoms with Crippen LogP contribution in [0.2, 0.25) is 15.1 Å². The summed E-state index contributed by atoms with van der Waals surface area (Å²) < 4.78 is 5.50. The van der Waals surface area contributed by atoms with E-state index in [0.29, 0.717) is 37.6 Å². The molecule has 1 unspecified atom stereocenters. The van der Waals surface area contributed by atoms with Crippen molar-refractivity contribution in [2.75, 3.05) is 10.6 Å². The van der Waals surface area contributed by atoms with Gasteiger partial charge in [0.15, 0.2) is 0 Å². The van der Waals surface area contributed by atoms with Crippen LogP contribution in [-0.2, 0) is 20.9 Å². The maximum Gasteiger partial charge on any atom is 0.329 e. The third-order valence-electron chi connectivity index (χ3n) is 5.04. The number of anilines is 2. The van der Waals surface area contributed by atoms with Crippen molar-refractivity contribution in [3.05, 3.63) is 99.0 Å². The quantitative estimate of drug-likeness (QED) is 0.305. The summed E-state index contributed by atoms with van der Waals surface area (Å²) in [5.41, 5.74) is 3.20. The SMILES string of the molecule is O=C(/C=C1\CC(C(=O)OCc2ccccc2)Nc2cc(Cl)cc(Cl)c21)Nc1cccc(Cl)c1. The average Bonchev–Trinajstić information content (AvgIpc) is 2.77. The molecule has 0 spiro atoms. The van der Waals surface area contributed by atoms with Crippen LogP contribution in [0.5, 0.6) is 0 Å². The van der Waals surface area contributed by atoms with Crippen LogP contribution < -0.4 is 10.6 Å². The molecule has 0 aliphatic carbocycles. The number of ether oxygens (including phenoxy) is 1. The van der Waals surface area contributed by atoms with Crippen LogP contribution in [-0.4, -0.2) is 17.9 Å².